The number of ketones is 1. The number of aliphatic imine (C=N–C) groups is 1. The second-order valence-corrected chi connectivity index (χ2v) is 8.41. The topological polar surface area (TPSA) is 101 Å². The number of carbonyl (C=O) groups excluding carboxylic acids is 1. The van der Waals surface area contributed by atoms with Gasteiger partial charge in [0.05, 0.1) is 6.04 Å². The van der Waals surface area contributed by atoms with Crippen LogP contribution in [-0.4, -0.2) is 33.9 Å². The Balaban J connectivity index is 1.53. The molecule has 1 aromatic heterocycles. The molecule has 4 N–H and O–H groups in total. The molecular formula is C23H22ClN3O3. The molecule has 1 fully saturated rings. The number of nitrogens with one attached hydrogen (secondary N) is 1. The lowest BCUT2D eigenvalue weighted by Crippen LogP contribution is -2.54. The van der Waals surface area contributed by atoms with Crippen molar-refractivity contribution >= 4 is 34.2 Å². The Labute approximate surface area is 178 Å². The van der Waals surface area contributed by atoms with Gasteiger partial charge in [0.15, 0.2) is 11.6 Å². The third kappa shape index (κ3) is 2.99. The maximum atomic E-state index is 13.2. The normalized spacial score (nSPS) is 24.4. The number of phenols is 1. The van der Waals surface area contributed by atoms with E-state index in [0.717, 1.165) is 22.9 Å². The van der Waals surface area contributed by atoms with Gasteiger partial charge >= 0.3 is 0 Å². The highest BCUT2D eigenvalue weighted by atomic mass is 35.5. The van der Waals surface area contributed by atoms with Gasteiger partial charge < -0.3 is 20.6 Å². The van der Waals surface area contributed by atoms with Crippen LogP contribution in [-0.2, 0) is 21.5 Å². The maximum Gasteiger partial charge on any atom is 0.205 e. The van der Waals surface area contributed by atoms with E-state index in [0.29, 0.717) is 35.7 Å². The minimum absolute atomic E-state index is 0.0465. The van der Waals surface area contributed by atoms with E-state index in [-0.39, 0.29) is 11.5 Å². The first-order chi connectivity index (χ1) is 14.5. The van der Waals surface area contributed by atoms with Gasteiger partial charge in [-0.1, -0.05) is 29.8 Å². The summed E-state index contributed by atoms with van der Waals surface area (Å²) in [6.45, 7) is 0. The molecule has 2 bridgehead atoms. The smallest absolute Gasteiger partial charge is 0.205 e. The fourth-order valence-corrected chi connectivity index (χ4v) is 4.89. The molecule has 7 heteroatoms. The average Bonchev–Trinajstić information content (AvgIpc) is 3.10. The van der Waals surface area contributed by atoms with Gasteiger partial charge in [-0.05, 0) is 55.5 Å². The van der Waals surface area contributed by atoms with Gasteiger partial charge in [0.1, 0.15) is 5.75 Å². The maximum absolute atomic E-state index is 13.2. The summed E-state index contributed by atoms with van der Waals surface area (Å²) in [7, 11) is 0. The monoisotopic (exact) mass is 423 g/mol. The number of hydrogen-bond acceptors (Lipinski definition) is 5. The van der Waals surface area contributed by atoms with E-state index < -0.39 is 17.7 Å². The van der Waals surface area contributed by atoms with E-state index in [1.54, 1.807) is 18.2 Å². The number of H-pyrrole nitrogens is 1. The van der Waals surface area contributed by atoms with Crippen molar-refractivity contribution in [2.45, 2.75) is 43.4 Å². The van der Waals surface area contributed by atoms with Gasteiger partial charge in [0, 0.05) is 27.7 Å². The van der Waals surface area contributed by atoms with Crippen molar-refractivity contribution in [3.8, 4) is 5.75 Å². The summed E-state index contributed by atoms with van der Waals surface area (Å²) in [5.74, 6) is 0.532. The average molecular weight is 424 g/mol. The van der Waals surface area contributed by atoms with Gasteiger partial charge in [-0.15, -0.1) is 0 Å². The fourth-order valence-electron chi connectivity index (χ4n) is 4.60. The van der Waals surface area contributed by atoms with Crippen LogP contribution in [0.5, 0.6) is 5.75 Å². The molecule has 1 unspecified atom stereocenters. The van der Waals surface area contributed by atoms with E-state index in [9.17, 15) is 9.90 Å². The number of nitrogens with zero attached hydrogens (tertiary/aromatic N) is 1. The molecule has 5 rings (SSSR count). The second kappa shape index (κ2) is 7.15. The number of aromatic amines is 1. The number of hydrogen-bond donors (Lipinski definition) is 3. The van der Waals surface area contributed by atoms with Gasteiger partial charge in [-0.2, -0.15) is 0 Å². The number of phenolic OH excluding ortho intramolecular Hbond substituents is 1. The molecule has 2 heterocycles. The number of Topliss-reactive ketones (excluding diaryl/α,β-unsaturated/α-hetero) is 1. The summed E-state index contributed by atoms with van der Waals surface area (Å²) in [6, 6.07) is 12.0. The highest BCUT2D eigenvalue weighted by Gasteiger charge is 2.52. The van der Waals surface area contributed by atoms with Crippen molar-refractivity contribution in [3.63, 3.8) is 0 Å². The quantitative estimate of drug-likeness (QED) is 0.593. The zero-order valence-electron chi connectivity index (χ0n) is 16.3. The summed E-state index contributed by atoms with van der Waals surface area (Å²) < 4.78 is 5.98. The van der Waals surface area contributed by atoms with Crippen molar-refractivity contribution in [3.05, 3.63) is 64.8 Å². The fraction of sp³-hybridized carbons (Fsp3) is 0.304. The molecule has 6 nitrogen and oxygen atoms in total. The molecule has 2 aromatic carbocycles. The van der Waals surface area contributed by atoms with Crippen LogP contribution in [0.1, 0.15) is 30.4 Å². The molecule has 154 valence electrons. The number of nitrogens with two attached hydrogens (primary N) is 1. The summed E-state index contributed by atoms with van der Waals surface area (Å²) in [6.07, 6.45) is 3.85. The minimum Gasteiger partial charge on any atom is -0.508 e. The number of benzene rings is 2. The van der Waals surface area contributed by atoms with Crippen LogP contribution in [0.25, 0.3) is 10.9 Å². The van der Waals surface area contributed by atoms with Gasteiger partial charge in [-0.3, -0.25) is 4.79 Å². The molecule has 1 aliphatic carbocycles. The lowest BCUT2D eigenvalue weighted by atomic mass is 9.73. The molecular weight excluding hydrogens is 402 g/mol. The zero-order chi connectivity index (χ0) is 20.9. The van der Waals surface area contributed by atoms with E-state index in [2.05, 4.69) is 4.98 Å². The van der Waals surface area contributed by atoms with Gasteiger partial charge in [0.25, 0.3) is 0 Å². The number of aromatic nitrogens is 1. The van der Waals surface area contributed by atoms with Crippen molar-refractivity contribution < 1.29 is 14.6 Å². The number of carbonyl (C=O) groups is 1. The third-order valence-corrected chi connectivity index (χ3v) is 6.43. The van der Waals surface area contributed by atoms with Crippen LogP contribution in [0.3, 0.4) is 0 Å². The Kier molecular flexibility index (Phi) is 4.56. The molecule has 1 aliphatic heterocycles. The number of fused-ring (bicyclic) bond motifs is 3. The highest BCUT2D eigenvalue weighted by Crippen LogP contribution is 2.44. The largest absolute Gasteiger partial charge is 0.508 e. The number of ether oxygens (including phenoxy) is 1. The van der Waals surface area contributed by atoms with Crippen LogP contribution < -0.4 is 5.73 Å². The Morgan fingerprint density at radius 1 is 1.33 bits per heavy atom. The molecule has 1 saturated carbocycles. The van der Waals surface area contributed by atoms with Crippen LogP contribution in [0.2, 0.25) is 5.02 Å². The van der Waals surface area contributed by atoms with E-state index >= 15 is 0 Å². The van der Waals surface area contributed by atoms with Crippen molar-refractivity contribution in [2.75, 3.05) is 0 Å². The lowest BCUT2D eigenvalue weighted by Gasteiger charge is -2.42. The molecule has 0 amide bonds. The lowest BCUT2D eigenvalue weighted by molar-refractivity contribution is -0.137. The zero-order valence-corrected chi connectivity index (χ0v) is 17.0. The summed E-state index contributed by atoms with van der Waals surface area (Å²) >= 11 is 6.46. The van der Waals surface area contributed by atoms with Crippen molar-refractivity contribution in [1.29, 1.82) is 0 Å². The molecule has 0 spiro atoms. The first-order valence-electron chi connectivity index (χ1n) is 10.1. The van der Waals surface area contributed by atoms with Gasteiger partial charge in [-0.25, -0.2) is 4.99 Å². The van der Waals surface area contributed by atoms with Crippen LogP contribution in [0, 0.1) is 0 Å². The molecule has 30 heavy (non-hydrogen) atoms. The first kappa shape index (κ1) is 19.2. The Morgan fingerprint density at radius 2 is 2.17 bits per heavy atom. The summed E-state index contributed by atoms with van der Waals surface area (Å²) in [4.78, 5) is 21.2. The second-order valence-electron chi connectivity index (χ2n) is 8.01. The standard InChI is InChI=1S/C23H22ClN3O3/c24-17-5-2-1-4-16(17)23-9-3-6-20(21(23)29)30-22(27-23)18(25)10-13-12-26-19-8-7-14(28)11-15(13)19/h1-2,4-5,7-8,11-12,18,20,26,28H,3,6,9-10,25H2/t18?,20-,23-/m1/s1. The summed E-state index contributed by atoms with van der Waals surface area (Å²) in [5, 5.41) is 11.3. The SMILES string of the molecule is NC(Cc1c[nH]c2ccc(O)cc12)C1=N[C@@]2(c3ccccc3Cl)CCC[C@@H](O1)C2=O. The third-order valence-electron chi connectivity index (χ3n) is 6.10. The summed E-state index contributed by atoms with van der Waals surface area (Å²) in [5.41, 5.74) is 8.06. The number of rotatable bonds is 4. The Bertz CT molecular complexity index is 1170. The Hall–Kier alpha value is -2.83. The molecule has 0 radical (unpaired) electrons. The highest BCUT2D eigenvalue weighted by molar-refractivity contribution is 6.32. The predicted molar refractivity (Wildman–Crippen MR) is 116 cm³/mol. The van der Waals surface area contributed by atoms with Crippen molar-refractivity contribution in [2.24, 2.45) is 10.7 Å². The number of halogens is 1. The van der Waals surface area contributed by atoms with Crippen LogP contribution in [0.15, 0.2) is 53.7 Å². The van der Waals surface area contributed by atoms with E-state index in [1.807, 2.05) is 30.5 Å². The number of aromatic hydroxyl groups is 1. The first-order valence-corrected chi connectivity index (χ1v) is 10.5. The molecule has 0 saturated heterocycles. The molecule has 3 aromatic rings. The van der Waals surface area contributed by atoms with E-state index in [4.69, 9.17) is 27.1 Å². The van der Waals surface area contributed by atoms with E-state index in [1.165, 1.54) is 0 Å². The Morgan fingerprint density at radius 3 is 3.00 bits per heavy atom. The minimum atomic E-state index is -1.04. The van der Waals surface area contributed by atoms with Crippen LogP contribution >= 0.6 is 11.6 Å². The molecule has 3 atom stereocenters. The van der Waals surface area contributed by atoms with Gasteiger partial charge in [0.2, 0.25) is 11.7 Å². The predicted octanol–water partition coefficient (Wildman–Crippen LogP) is 3.84. The molecule has 2 aliphatic rings. The van der Waals surface area contributed by atoms with Crippen molar-refractivity contribution in [1.82, 2.24) is 4.98 Å². The van der Waals surface area contributed by atoms with Crippen LogP contribution in [0.4, 0.5) is 0 Å².